The molecule has 24 heavy (non-hydrogen) atoms. The summed E-state index contributed by atoms with van der Waals surface area (Å²) in [5.74, 6) is -2.65. The summed E-state index contributed by atoms with van der Waals surface area (Å²) in [6, 6.07) is 4.83. The van der Waals surface area contributed by atoms with Gasteiger partial charge in [0.15, 0.2) is 0 Å². The van der Waals surface area contributed by atoms with Gasteiger partial charge in [-0.3, -0.25) is 9.59 Å². The van der Waals surface area contributed by atoms with E-state index >= 15 is 0 Å². The van der Waals surface area contributed by atoms with Gasteiger partial charge in [0.25, 0.3) is 0 Å². The van der Waals surface area contributed by atoms with Gasteiger partial charge in [-0.25, -0.2) is 4.98 Å². The molecule has 1 amide bonds. The van der Waals surface area contributed by atoms with E-state index in [2.05, 4.69) is 4.98 Å². The summed E-state index contributed by atoms with van der Waals surface area (Å²) in [5.41, 5.74) is -3.24. The first kappa shape index (κ1) is 18.1. The smallest absolute Gasteiger partial charge is 0.424 e. The predicted molar refractivity (Wildman–Crippen MR) is 79.4 cm³/mol. The van der Waals surface area contributed by atoms with E-state index in [4.69, 9.17) is 5.11 Å². The molecule has 0 saturated carbocycles. The van der Waals surface area contributed by atoms with Crippen molar-refractivity contribution < 1.29 is 33.0 Å². The van der Waals surface area contributed by atoms with Gasteiger partial charge in [0, 0.05) is 0 Å². The lowest BCUT2D eigenvalue weighted by Crippen LogP contribution is -2.48. The molecule has 1 aromatic heterocycles. The van der Waals surface area contributed by atoms with E-state index < -0.39 is 41.1 Å². The van der Waals surface area contributed by atoms with Crippen molar-refractivity contribution in [1.82, 2.24) is 10.3 Å². The first-order valence-corrected chi connectivity index (χ1v) is 7.53. The number of hydrogen-bond acceptors (Lipinski definition) is 5. The second-order valence-corrected chi connectivity index (χ2v) is 6.18. The maximum Gasteiger partial charge on any atom is 0.424 e. The van der Waals surface area contributed by atoms with Crippen LogP contribution in [0.4, 0.5) is 13.2 Å². The summed E-state index contributed by atoms with van der Waals surface area (Å²) >= 11 is 0.621. The third kappa shape index (κ3) is 3.49. The number of hydrogen-bond donors (Lipinski definition) is 3. The summed E-state index contributed by atoms with van der Waals surface area (Å²) in [6.45, 7) is 1.10. The molecule has 0 bridgehead atoms. The van der Waals surface area contributed by atoms with E-state index in [9.17, 15) is 27.9 Å². The molecule has 2 atom stereocenters. The van der Waals surface area contributed by atoms with Gasteiger partial charge in [-0.2, -0.15) is 13.2 Å². The summed E-state index contributed by atoms with van der Waals surface area (Å²) in [5, 5.41) is 20.1. The van der Waals surface area contributed by atoms with Gasteiger partial charge in [0.1, 0.15) is 11.0 Å². The molecule has 0 fully saturated rings. The first-order valence-electron chi connectivity index (χ1n) is 6.72. The van der Waals surface area contributed by atoms with Crippen molar-refractivity contribution in [1.29, 1.82) is 0 Å². The highest BCUT2D eigenvalue weighted by Crippen LogP contribution is 2.44. The van der Waals surface area contributed by atoms with Gasteiger partial charge in [0.2, 0.25) is 11.5 Å². The van der Waals surface area contributed by atoms with E-state index in [1.165, 1.54) is 6.07 Å². The number of para-hydroxylation sites is 1. The topological polar surface area (TPSA) is 99.5 Å². The van der Waals surface area contributed by atoms with Gasteiger partial charge in [-0.05, 0) is 19.1 Å². The zero-order chi connectivity index (χ0) is 18.1. The molecule has 1 aromatic carbocycles. The second kappa shape index (κ2) is 6.36. The first-order chi connectivity index (χ1) is 11.0. The van der Waals surface area contributed by atoms with Gasteiger partial charge in [-0.1, -0.05) is 12.1 Å². The summed E-state index contributed by atoms with van der Waals surface area (Å²) in [7, 11) is 0. The van der Waals surface area contributed by atoms with Crippen LogP contribution in [0.2, 0.25) is 0 Å². The van der Waals surface area contributed by atoms with Crippen LogP contribution in [0.25, 0.3) is 10.2 Å². The number of nitrogens with zero attached hydrogens (tertiary/aromatic N) is 1. The molecule has 0 radical (unpaired) electrons. The molecule has 0 saturated heterocycles. The van der Waals surface area contributed by atoms with Gasteiger partial charge >= 0.3 is 12.1 Å². The van der Waals surface area contributed by atoms with Crippen molar-refractivity contribution >= 4 is 33.4 Å². The molecular weight excluding hydrogens is 349 g/mol. The van der Waals surface area contributed by atoms with Crippen LogP contribution in [-0.4, -0.2) is 39.3 Å². The van der Waals surface area contributed by atoms with Crippen LogP contribution in [0.15, 0.2) is 24.3 Å². The quantitative estimate of drug-likeness (QED) is 0.756. The fraction of sp³-hybridized carbons (Fsp3) is 0.357. The molecular formula is C14H13F3N2O4S. The molecule has 2 aromatic rings. The van der Waals surface area contributed by atoms with Crippen LogP contribution in [0.5, 0.6) is 0 Å². The van der Waals surface area contributed by atoms with Crippen molar-refractivity contribution in [2.75, 3.05) is 0 Å². The molecule has 3 N–H and O–H groups in total. The summed E-state index contributed by atoms with van der Waals surface area (Å²) in [6.07, 6.45) is -6.54. The average molecular weight is 362 g/mol. The monoisotopic (exact) mass is 362 g/mol. The molecule has 0 aliphatic carbocycles. The summed E-state index contributed by atoms with van der Waals surface area (Å²) in [4.78, 5) is 26.2. The second-order valence-electron chi connectivity index (χ2n) is 5.15. The standard InChI is InChI=1S/C14H13F3N2O4S/c1-7(11(21)22)18-10(20)6-13(23,14(15,16)17)12-19-8-4-2-3-5-9(8)24-12/h2-5,7,23H,6H2,1H3,(H,18,20)(H,21,22). The molecule has 6 nitrogen and oxygen atoms in total. The number of nitrogens with one attached hydrogen (secondary N) is 1. The average Bonchev–Trinajstić information content (AvgIpc) is 2.89. The minimum atomic E-state index is -5.16. The predicted octanol–water partition coefficient (Wildman–Crippen LogP) is 2.03. The number of aromatic nitrogens is 1. The van der Waals surface area contributed by atoms with Crippen molar-refractivity contribution in [3.63, 3.8) is 0 Å². The Morgan fingerprint density at radius 1 is 1.33 bits per heavy atom. The molecule has 1 heterocycles. The number of carbonyl (C=O) groups is 2. The van der Waals surface area contributed by atoms with E-state index in [1.54, 1.807) is 18.2 Å². The Morgan fingerprint density at radius 3 is 2.50 bits per heavy atom. The number of alkyl halides is 3. The highest BCUT2D eigenvalue weighted by atomic mass is 32.1. The molecule has 10 heteroatoms. The Bertz CT molecular complexity index is 744. The lowest BCUT2D eigenvalue weighted by Gasteiger charge is -2.28. The lowest BCUT2D eigenvalue weighted by atomic mass is 9.99. The number of fused-ring (bicyclic) bond motifs is 1. The number of thiazole rings is 1. The van der Waals surface area contributed by atoms with Gasteiger partial charge < -0.3 is 15.5 Å². The minimum absolute atomic E-state index is 0.263. The van der Waals surface area contributed by atoms with Crippen LogP contribution in [0, 0.1) is 0 Å². The normalized spacial score (nSPS) is 15.7. The Kier molecular flexibility index (Phi) is 4.81. The highest BCUT2D eigenvalue weighted by Gasteiger charge is 2.58. The number of aliphatic carboxylic acids is 1. The van der Waals surface area contributed by atoms with Crippen LogP contribution in [0.3, 0.4) is 0 Å². The summed E-state index contributed by atoms with van der Waals surface area (Å²) < 4.78 is 40.6. The fourth-order valence-corrected chi connectivity index (χ4v) is 3.01. The molecule has 2 unspecified atom stereocenters. The number of carboxylic acids is 1. The Labute approximate surface area is 137 Å². The number of carbonyl (C=O) groups excluding carboxylic acids is 1. The van der Waals surface area contributed by atoms with E-state index in [1.807, 2.05) is 5.32 Å². The van der Waals surface area contributed by atoms with Crippen LogP contribution < -0.4 is 5.32 Å². The number of carboxylic acid groups (broad SMARTS) is 1. The SMILES string of the molecule is CC(NC(=O)CC(O)(c1nc2ccccc2s1)C(F)(F)F)C(=O)O. The third-order valence-corrected chi connectivity index (χ3v) is 4.47. The van der Waals surface area contributed by atoms with E-state index in [-0.39, 0.29) is 5.52 Å². The maximum absolute atomic E-state index is 13.4. The van der Waals surface area contributed by atoms with Crippen LogP contribution in [0.1, 0.15) is 18.4 Å². The van der Waals surface area contributed by atoms with E-state index in [0.717, 1.165) is 6.92 Å². The third-order valence-electron chi connectivity index (χ3n) is 3.28. The zero-order valence-corrected chi connectivity index (χ0v) is 13.1. The Hall–Kier alpha value is -2.20. The number of aliphatic hydroxyl groups is 1. The maximum atomic E-state index is 13.4. The molecule has 0 spiro atoms. The van der Waals surface area contributed by atoms with Crippen molar-refractivity contribution in [2.45, 2.75) is 31.2 Å². The van der Waals surface area contributed by atoms with Crippen molar-refractivity contribution in [2.24, 2.45) is 0 Å². The molecule has 0 aliphatic rings. The van der Waals surface area contributed by atoms with Gasteiger partial charge in [0.05, 0.1) is 16.6 Å². The molecule has 130 valence electrons. The number of rotatable bonds is 5. The Morgan fingerprint density at radius 2 is 1.96 bits per heavy atom. The van der Waals surface area contributed by atoms with Crippen molar-refractivity contribution in [3.8, 4) is 0 Å². The zero-order valence-electron chi connectivity index (χ0n) is 12.3. The van der Waals surface area contributed by atoms with Crippen LogP contribution in [-0.2, 0) is 15.2 Å². The van der Waals surface area contributed by atoms with Crippen molar-refractivity contribution in [3.05, 3.63) is 29.3 Å². The minimum Gasteiger partial charge on any atom is -0.480 e. The molecule has 2 rings (SSSR count). The fourth-order valence-electron chi connectivity index (χ4n) is 1.93. The Balaban J connectivity index is 2.36. The number of amides is 1. The number of halogens is 3. The molecule has 0 aliphatic heterocycles. The van der Waals surface area contributed by atoms with E-state index in [0.29, 0.717) is 16.0 Å². The van der Waals surface area contributed by atoms with Gasteiger partial charge in [-0.15, -0.1) is 11.3 Å². The lowest BCUT2D eigenvalue weighted by molar-refractivity contribution is -0.267. The highest BCUT2D eigenvalue weighted by molar-refractivity contribution is 7.18. The largest absolute Gasteiger partial charge is 0.480 e. The number of benzene rings is 1. The van der Waals surface area contributed by atoms with Crippen LogP contribution >= 0.6 is 11.3 Å².